The standard InChI is InChI=1S/C24H30N6O2S/c1-16-9-11-17(12-10-16)20-21(26-24(2,3)4)30-22(25-20)33-23(27-30)29(6)15-19(31)28(5)14-18-8-7-13-32-18/h7-13,26H,14-15H2,1-6H3. The molecule has 9 heteroatoms. The minimum atomic E-state index is -0.171. The number of carbonyl (C=O) groups excluding carboxylic acids is 1. The molecule has 3 aromatic heterocycles. The van der Waals surface area contributed by atoms with Crippen LogP contribution in [0.2, 0.25) is 0 Å². The van der Waals surface area contributed by atoms with Crippen LogP contribution in [0, 0.1) is 6.92 Å². The van der Waals surface area contributed by atoms with Gasteiger partial charge in [-0.2, -0.15) is 4.52 Å². The SMILES string of the molecule is Cc1ccc(-c2nc3sc(N(C)CC(=O)N(C)Cc4ccco4)nn3c2NC(C)(C)C)cc1. The summed E-state index contributed by atoms with van der Waals surface area (Å²) in [4.78, 5) is 21.9. The Kier molecular flexibility index (Phi) is 6.16. The molecule has 1 N–H and O–H groups in total. The number of nitrogens with one attached hydrogen (secondary N) is 1. The molecule has 3 heterocycles. The van der Waals surface area contributed by atoms with Gasteiger partial charge in [0, 0.05) is 25.2 Å². The minimum Gasteiger partial charge on any atom is -0.467 e. The fraction of sp³-hybridized carbons (Fsp3) is 0.375. The highest BCUT2D eigenvalue weighted by atomic mass is 32.1. The third-order valence-electron chi connectivity index (χ3n) is 5.11. The van der Waals surface area contributed by atoms with Crippen LogP contribution in [-0.4, -0.2) is 51.6 Å². The number of amides is 1. The van der Waals surface area contributed by atoms with Gasteiger partial charge in [0.2, 0.25) is 16.0 Å². The summed E-state index contributed by atoms with van der Waals surface area (Å²) in [5.41, 5.74) is 2.94. The Hall–Kier alpha value is -3.33. The molecule has 0 bridgehead atoms. The largest absolute Gasteiger partial charge is 0.467 e. The Balaban J connectivity index is 1.59. The number of imidazole rings is 1. The van der Waals surface area contributed by atoms with E-state index in [1.165, 1.54) is 16.9 Å². The van der Waals surface area contributed by atoms with Gasteiger partial charge in [0.15, 0.2) is 5.82 Å². The van der Waals surface area contributed by atoms with Crippen molar-refractivity contribution < 1.29 is 9.21 Å². The second-order valence-electron chi connectivity index (χ2n) is 9.31. The lowest BCUT2D eigenvalue weighted by Crippen LogP contribution is -2.36. The molecule has 0 saturated heterocycles. The molecule has 0 fully saturated rings. The van der Waals surface area contributed by atoms with Crippen molar-refractivity contribution in [2.75, 3.05) is 30.9 Å². The molecule has 0 unspecified atom stereocenters. The normalized spacial score (nSPS) is 11.7. The van der Waals surface area contributed by atoms with Crippen LogP contribution in [0.1, 0.15) is 32.1 Å². The third kappa shape index (κ3) is 5.19. The van der Waals surface area contributed by atoms with Crippen molar-refractivity contribution >= 4 is 33.2 Å². The van der Waals surface area contributed by atoms with E-state index in [1.807, 2.05) is 28.6 Å². The summed E-state index contributed by atoms with van der Waals surface area (Å²) in [6.07, 6.45) is 1.61. The number of fused-ring (bicyclic) bond motifs is 1. The summed E-state index contributed by atoms with van der Waals surface area (Å²) in [5, 5.41) is 9.08. The molecule has 0 aliphatic heterocycles. The number of benzene rings is 1. The lowest BCUT2D eigenvalue weighted by atomic mass is 10.1. The van der Waals surface area contributed by atoms with Crippen LogP contribution in [0.5, 0.6) is 0 Å². The highest BCUT2D eigenvalue weighted by Crippen LogP contribution is 2.34. The van der Waals surface area contributed by atoms with Crippen molar-refractivity contribution in [3.63, 3.8) is 0 Å². The monoisotopic (exact) mass is 466 g/mol. The number of furan rings is 1. The number of anilines is 2. The van der Waals surface area contributed by atoms with Gasteiger partial charge in [-0.3, -0.25) is 4.79 Å². The van der Waals surface area contributed by atoms with E-state index in [-0.39, 0.29) is 18.0 Å². The van der Waals surface area contributed by atoms with Crippen LogP contribution >= 0.6 is 11.3 Å². The van der Waals surface area contributed by atoms with Crippen LogP contribution in [0.15, 0.2) is 47.1 Å². The molecule has 0 spiro atoms. The zero-order valence-corrected chi connectivity index (χ0v) is 20.7. The van der Waals surface area contributed by atoms with Crippen molar-refractivity contribution in [1.82, 2.24) is 19.5 Å². The fourth-order valence-corrected chi connectivity index (χ4v) is 4.25. The van der Waals surface area contributed by atoms with E-state index in [9.17, 15) is 4.79 Å². The fourth-order valence-electron chi connectivity index (χ4n) is 3.39. The quantitative estimate of drug-likeness (QED) is 0.427. The van der Waals surface area contributed by atoms with Crippen molar-refractivity contribution in [2.24, 2.45) is 0 Å². The van der Waals surface area contributed by atoms with Crippen LogP contribution < -0.4 is 10.2 Å². The summed E-state index contributed by atoms with van der Waals surface area (Å²) in [5.74, 6) is 1.58. The molecule has 0 aliphatic rings. The maximum absolute atomic E-state index is 12.7. The molecule has 1 amide bonds. The Morgan fingerprint density at radius 2 is 1.91 bits per heavy atom. The predicted molar refractivity (Wildman–Crippen MR) is 133 cm³/mol. The number of likely N-dealkylation sites (N-methyl/N-ethyl adjacent to an activating group) is 2. The van der Waals surface area contributed by atoms with Crippen molar-refractivity contribution in [3.05, 3.63) is 54.0 Å². The first-order valence-corrected chi connectivity index (χ1v) is 11.6. The average Bonchev–Trinajstić information content (AvgIpc) is 3.46. The van der Waals surface area contributed by atoms with Gasteiger partial charge >= 0.3 is 0 Å². The number of aryl methyl sites for hydroxylation is 1. The number of rotatable bonds is 7. The van der Waals surface area contributed by atoms with E-state index in [1.54, 1.807) is 18.2 Å². The third-order valence-corrected chi connectivity index (χ3v) is 6.13. The summed E-state index contributed by atoms with van der Waals surface area (Å²) >= 11 is 1.46. The number of hydrogen-bond donors (Lipinski definition) is 1. The van der Waals surface area contributed by atoms with E-state index < -0.39 is 0 Å². The topological polar surface area (TPSA) is 78.9 Å². The Bertz CT molecular complexity index is 1230. The predicted octanol–water partition coefficient (Wildman–Crippen LogP) is 4.66. The lowest BCUT2D eigenvalue weighted by molar-refractivity contribution is -0.129. The van der Waals surface area contributed by atoms with Crippen LogP contribution in [0.25, 0.3) is 16.2 Å². The van der Waals surface area contributed by atoms with Gasteiger partial charge in [0.05, 0.1) is 19.4 Å². The van der Waals surface area contributed by atoms with Gasteiger partial charge in [-0.05, 0) is 39.8 Å². The van der Waals surface area contributed by atoms with E-state index in [4.69, 9.17) is 14.5 Å². The number of carbonyl (C=O) groups is 1. The van der Waals surface area contributed by atoms with E-state index in [2.05, 4.69) is 57.3 Å². The Labute approximate surface area is 197 Å². The molecule has 174 valence electrons. The second-order valence-corrected chi connectivity index (χ2v) is 10.2. The van der Waals surface area contributed by atoms with E-state index in [0.717, 1.165) is 32.9 Å². The highest BCUT2D eigenvalue weighted by Gasteiger charge is 2.24. The zero-order chi connectivity index (χ0) is 23.8. The molecule has 0 aliphatic carbocycles. The van der Waals surface area contributed by atoms with Gasteiger partial charge in [0.1, 0.15) is 11.5 Å². The minimum absolute atomic E-state index is 0.0184. The summed E-state index contributed by atoms with van der Waals surface area (Å²) in [7, 11) is 3.64. The first kappa shape index (κ1) is 22.8. The molecular formula is C24H30N6O2S. The highest BCUT2D eigenvalue weighted by molar-refractivity contribution is 7.20. The van der Waals surface area contributed by atoms with Crippen molar-refractivity contribution in [2.45, 2.75) is 39.8 Å². The van der Waals surface area contributed by atoms with Gasteiger partial charge in [-0.15, -0.1) is 5.10 Å². The molecular weight excluding hydrogens is 436 g/mol. The number of aromatic nitrogens is 3. The first-order chi connectivity index (χ1) is 15.6. The Morgan fingerprint density at radius 1 is 1.18 bits per heavy atom. The van der Waals surface area contributed by atoms with Crippen molar-refractivity contribution in [1.29, 1.82) is 0 Å². The summed E-state index contributed by atoms with van der Waals surface area (Å²) < 4.78 is 7.19. The maximum atomic E-state index is 12.7. The maximum Gasteiger partial charge on any atom is 0.242 e. The smallest absolute Gasteiger partial charge is 0.242 e. The van der Waals surface area contributed by atoms with E-state index in [0.29, 0.717) is 6.54 Å². The number of nitrogens with zero attached hydrogens (tertiary/aromatic N) is 5. The van der Waals surface area contributed by atoms with Gasteiger partial charge in [0.25, 0.3) is 0 Å². The van der Waals surface area contributed by atoms with Gasteiger partial charge in [-0.1, -0.05) is 41.2 Å². The molecule has 33 heavy (non-hydrogen) atoms. The molecule has 8 nitrogen and oxygen atoms in total. The summed E-state index contributed by atoms with van der Waals surface area (Å²) in [6.45, 7) is 9.04. The summed E-state index contributed by atoms with van der Waals surface area (Å²) in [6, 6.07) is 12.0. The van der Waals surface area contributed by atoms with Gasteiger partial charge in [-0.25, -0.2) is 4.98 Å². The van der Waals surface area contributed by atoms with Crippen LogP contribution in [0.4, 0.5) is 10.9 Å². The van der Waals surface area contributed by atoms with Crippen molar-refractivity contribution in [3.8, 4) is 11.3 Å². The zero-order valence-electron chi connectivity index (χ0n) is 19.9. The van der Waals surface area contributed by atoms with Crippen LogP contribution in [-0.2, 0) is 11.3 Å². The number of hydrogen-bond acceptors (Lipinski definition) is 7. The Morgan fingerprint density at radius 3 is 2.55 bits per heavy atom. The van der Waals surface area contributed by atoms with Gasteiger partial charge < -0.3 is 19.5 Å². The molecule has 1 aromatic carbocycles. The second kappa shape index (κ2) is 8.90. The average molecular weight is 467 g/mol. The first-order valence-electron chi connectivity index (χ1n) is 10.8. The lowest BCUT2D eigenvalue weighted by Gasteiger charge is -2.22. The molecule has 4 rings (SSSR count). The van der Waals surface area contributed by atoms with Crippen LogP contribution in [0.3, 0.4) is 0 Å². The van der Waals surface area contributed by atoms with E-state index >= 15 is 0 Å². The molecule has 4 aromatic rings. The molecule has 0 radical (unpaired) electrons. The molecule has 0 saturated carbocycles. The molecule has 0 atom stereocenters.